The minimum absolute atomic E-state index is 0.0191. The van der Waals surface area contributed by atoms with Crippen LogP contribution in [0.4, 0.5) is 0 Å². The van der Waals surface area contributed by atoms with Crippen LogP contribution in [0.15, 0.2) is 60.7 Å². The van der Waals surface area contributed by atoms with Gasteiger partial charge in [0.15, 0.2) is 0 Å². The first kappa shape index (κ1) is 18.0. The van der Waals surface area contributed by atoms with E-state index in [1.165, 1.54) is 11.1 Å². The molecule has 0 saturated heterocycles. The minimum atomic E-state index is -0.0191. The first-order valence-corrected chi connectivity index (χ1v) is 10.0. The summed E-state index contributed by atoms with van der Waals surface area (Å²) >= 11 is 3.53. The number of rotatable bonds is 9. The predicted molar refractivity (Wildman–Crippen MR) is 103 cm³/mol. The fourth-order valence-corrected chi connectivity index (χ4v) is 3.71. The van der Waals surface area contributed by atoms with Crippen LogP contribution in [0, 0.1) is 0 Å². The molecule has 0 radical (unpaired) electrons. The van der Waals surface area contributed by atoms with Gasteiger partial charge < -0.3 is 5.32 Å². The van der Waals surface area contributed by atoms with Gasteiger partial charge in [0.25, 0.3) is 0 Å². The standard InChI is InChI=1S/C19H23NOS2/c1-16(23-15-18-10-6-3-7-11-18)19(21)20-12-13-22-14-17-8-4-2-5-9-17/h2-11,16H,12-15H2,1H3,(H,20,21)/t16-/m1/s1. The van der Waals surface area contributed by atoms with Crippen LogP contribution >= 0.6 is 23.5 Å². The van der Waals surface area contributed by atoms with Crippen LogP contribution in [-0.4, -0.2) is 23.5 Å². The van der Waals surface area contributed by atoms with Crippen LogP contribution in [0.3, 0.4) is 0 Å². The smallest absolute Gasteiger partial charge is 0.232 e. The lowest BCUT2D eigenvalue weighted by atomic mass is 10.2. The lowest BCUT2D eigenvalue weighted by molar-refractivity contribution is -0.120. The van der Waals surface area contributed by atoms with E-state index in [2.05, 4.69) is 41.7 Å². The molecule has 1 N–H and O–H groups in total. The molecule has 4 heteroatoms. The number of hydrogen-bond donors (Lipinski definition) is 1. The Bertz CT molecular complexity index is 574. The zero-order chi connectivity index (χ0) is 16.3. The summed E-state index contributed by atoms with van der Waals surface area (Å²) in [4.78, 5) is 12.1. The van der Waals surface area contributed by atoms with E-state index in [1.54, 1.807) is 11.8 Å². The molecule has 2 nitrogen and oxygen atoms in total. The molecule has 0 bridgehead atoms. The number of hydrogen-bond acceptors (Lipinski definition) is 3. The van der Waals surface area contributed by atoms with Crippen molar-refractivity contribution in [2.75, 3.05) is 12.3 Å². The molecule has 0 heterocycles. The van der Waals surface area contributed by atoms with E-state index in [0.29, 0.717) is 0 Å². The zero-order valence-electron chi connectivity index (χ0n) is 13.4. The van der Waals surface area contributed by atoms with Crippen LogP contribution < -0.4 is 5.32 Å². The molecule has 0 unspecified atom stereocenters. The van der Waals surface area contributed by atoms with Crippen LogP contribution in [-0.2, 0) is 16.3 Å². The molecule has 0 spiro atoms. The molecule has 23 heavy (non-hydrogen) atoms. The largest absolute Gasteiger partial charge is 0.354 e. The average molecular weight is 346 g/mol. The third kappa shape index (κ3) is 7.14. The normalized spacial score (nSPS) is 11.9. The SMILES string of the molecule is C[C@@H](SCc1ccccc1)C(=O)NCCSCc1ccccc1. The second-order valence-corrected chi connectivity index (χ2v) is 7.70. The van der Waals surface area contributed by atoms with E-state index < -0.39 is 0 Å². The highest BCUT2D eigenvalue weighted by molar-refractivity contribution is 7.99. The first-order chi connectivity index (χ1) is 11.3. The minimum Gasteiger partial charge on any atom is -0.354 e. The van der Waals surface area contributed by atoms with Gasteiger partial charge in [-0.15, -0.1) is 11.8 Å². The maximum atomic E-state index is 12.1. The second kappa shape index (κ2) is 10.4. The number of carbonyl (C=O) groups excluding carboxylic acids is 1. The lowest BCUT2D eigenvalue weighted by Gasteiger charge is -2.12. The highest BCUT2D eigenvalue weighted by atomic mass is 32.2. The summed E-state index contributed by atoms with van der Waals surface area (Å²) in [5.41, 5.74) is 2.59. The van der Waals surface area contributed by atoms with Crippen molar-refractivity contribution < 1.29 is 4.79 Å². The number of amides is 1. The number of benzene rings is 2. The molecule has 0 aromatic heterocycles. The van der Waals surface area contributed by atoms with Crippen molar-refractivity contribution in [2.45, 2.75) is 23.7 Å². The van der Waals surface area contributed by atoms with Crippen molar-refractivity contribution in [3.05, 3.63) is 71.8 Å². The van der Waals surface area contributed by atoms with E-state index in [9.17, 15) is 4.79 Å². The van der Waals surface area contributed by atoms with Crippen molar-refractivity contribution in [1.29, 1.82) is 0 Å². The van der Waals surface area contributed by atoms with Crippen LogP contribution in [0.5, 0.6) is 0 Å². The maximum Gasteiger partial charge on any atom is 0.232 e. The Hall–Kier alpha value is -1.39. The molecular weight excluding hydrogens is 322 g/mol. The van der Waals surface area contributed by atoms with Gasteiger partial charge >= 0.3 is 0 Å². The summed E-state index contributed by atoms with van der Waals surface area (Å²) in [5.74, 6) is 2.94. The van der Waals surface area contributed by atoms with Gasteiger partial charge in [0, 0.05) is 23.8 Å². The Morgan fingerprint density at radius 3 is 2.13 bits per heavy atom. The predicted octanol–water partition coefficient (Wildman–Crippen LogP) is 4.36. The molecule has 1 atom stereocenters. The zero-order valence-corrected chi connectivity index (χ0v) is 15.0. The van der Waals surface area contributed by atoms with Crippen LogP contribution in [0.2, 0.25) is 0 Å². The molecule has 0 fully saturated rings. The average Bonchev–Trinajstić information content (AvgIpc) is 2.61. The Balaban J connectivity index is 1.57. The monoisotopic (exact) mass is 345 g/mol. The van der Waals surface area contributed by atoms with Gasteiger partial charge in [0.05, 0.1) is 5.25 Å². The summed E-state index contributed by atoms with van der Waals surface area (Å²) in [5, 5.41) is 3.01. The Labute approximate surface area is 147 Å². The van der Waals surface area contributed by atoms with Gasteiger partial charge in [-0.1, -0.05) is 60.7 Å². The highest BCUT2D eigenvalue weighted by Crippen LogP contribution is 2.17. The fourth-order valence-electron chi connectivity index (χ4n) is 2.03. The quantitative estimate of drug-likeness (QED) is 0.685. The molecule has 0 aliphatic heterocycles. The molecule has 2 aromatic carbocycles. The van der Waals surface area contributed by atoms with E-state index in [-0.39, 0.29) is 11.2 Å². The molecule has 1 amide bonds. The summed E-state index contributed by atoms with van der Waals surface area (Å²) in [7, 11) is 0. The number of nitrogens with one attached hydrogen (secondary N) is 1. The summed E-state index contributed by atoms with van der Waals surface area (Å²) in [6.07, 6.45) is 0. The third-order valence-electron chi connectivity index (χ3n) is 3.37. The third-order valence-corrected chi connectivity index (χ3v) is 5.61. The molecule has 0 aliphatic carbocycles. The van der Waals surface area contributed by atoms with E-state index >= 15 is 0 Å². The molecular formula is C19H23NOS2. The summed E-state index contributed by atoms with van der Waals surface area (Å²) in [6, 6.07) is 20.7. The topological polar surface area (TPSA) is 29.1 Å². The van der Waals surface area contributed by atoms with Gasteiger partial charge in [-0.05, 0) is 18.1 Å². The number of carbonyl (C=O) groups is 1. The fraction of sp³-hybridized carbons (Fsp3) is 0.316. The maximum absolute atomic E-state index is 12.1. The van der Waals surface area contributed by atoms with E-state index in [1.807, 2.05) is 43.0 Å². The summed E-state index contributed by atoms with van der Waals surface area (Å²) < 4.78 is 0. The number of thioether (sulfide) groups is 2. The molecule has 0 saturated carbocycles. The molecule has 0 aliphatic rings. The van der Waals surface area contributed by atoms with E-state index in [4.69, 9.17) is 0 Å². The first-order valence-electron chi connectivity index (χ1n) is 7.80. The molecule has 2 aromatic rings. The van der Waals surface area contributed by atoms with Crippen LogP contribution in [0.1, 0.15) is 18.1 Å². The Morgan fingerprint density at radius 1 is 0.957 bits per heavy atom. The molecule has 122 valence electrons. The van der Waals surface area contributed by atoms with Gasteiger partial charge in [0.2, 0.25) is 5.91 Å². The van der Waals surface area contributed by atoms with Crippen molar-refractivity contribution in [2.24, 2.45) is 0 Å². The second-order valence-electron chi connectivity index (χ2n) is 5.27. The van der Waals surface area contributed by atoms with Crippen molar-refractivity contribution in [3.63, 3.8) is 0 Å². The van der Waals surface area contributed by atoms with Crippen molar-refractivity contribution >= 4 is 29.4 Å². The Kier molecular flexibility index (Phi) is 8.12. The van der Waals surface area contributed by atoms with Crippen molar-refractivity contribution in [3.8, 4) is 0 Å². The summed E-state index contributed by atoms with van der Waals surface area (Å²) in [6.45, 7) is 2.70. The van der Waals surface area contributed by atoms with Crippen molar-refractivity contribution in [1.82, 2.24) is 5.32 Å². The van der Waals surface area contributed by atoms with Gasteiger partial charge in [-0.2, -0.15) is 11.8 Å². The molecule has 2 rings (SSSR count). The van der Waals surface area contributed by atoms with Crippen LogP contribution in [0.25, 0.3) is 0 Å². The van der Waals surface area contributed by atoms with Gasteiger partial charge in [-0.3, -0.25) is 4.79 Å². The van der Waals surface area contributed by atoms with Gasteiger partial charge in [-0.25, -0.2) is 0 Å². The lowest BCUT2D eigenvalue weighted by Crippen LogP contribution is -2.32. The van der Waals surface area contributed by atoms with E-state index in [0.717, 1.165) is 23.8 Å². The van der Waals surface area contributed by atoms with Gasteiger partial charge in [0.1, 0.15) is 0 Å². The Morgan fingerprint density at radius 2 is 1.52 bits per heavy atom. The highest BCUT2D eigenvalue weighted by Gasteiger charge is 2.12.